The summed E-state index contributed by atoms with van der Waals surface area (Å²) < 4.78 is 46.1. The molecule has 194 valence electrons. The summed E-state index contributed by atoms with van der Waals surface area (Å²) in [7, 11) is 0. The smallest absolute Gasteiger partial charge is 0.333 e. The molecule has 1 aliphatic carbocycles. The van der Waals surface area contributed by atoms with Crippen LogP contribution in [0.4, 0.5) is 13.2 Å². The third-order valence-electron chi connectivity index (χ3n) is 6.57. The van der Waals surface area contributed by atoms with Gasteiger partial charge < -0.3 is 5.21 Å². The highest BCUT2D eigenvalue weighted by Crippen LogP contribution is 2.39. The molecule has 1 fully saturated rings. The summed E-state index contributed by atoms with van der Waals surface area (Å²) >= 11 is 6.05. The van der Waals surface area contributed by atoms with E-state index < -0.39 is 18.4 Å². The average molecular weight is 542 g/mol. The van der Waals surface area contributed by atoms with E-state index in [1.165, 1.54) is 41.7 Å². The van der Waals surface area contributed by atoms with Gasteiger partial charge in [-0.05, 0) is 47.0 Å². The minimum absolute atomic E-state index is 0.0707. The topological polar surface area (TPSA) is 106 Å². The molecule has 0 N–H and O–H groups in total. The zero-order valence-corrected chi connectivity index (χ0v) is 20.3. The third kappa shape index (κ3) is 4.38. The van der Waals surface area contributed by atoms with E-state index in [1.807, 2.05) is 0 Å². The first kappa shape index (κ1) is 24.1. The Labute approximate surface area is 218 Å². The first-order valence-electron chi connectivity index (χ1n) is 11.7. The van der Waals surface area contributed by atoms with Crippen molar-refractivity contribution in [3.05, 3.63) is 83.2 Å². The SMILES string of the molecule is [O-][n+]1cc(-c2c(-n3cnnn3)ccc(Cl)c2F)ccc1[C@@H](CC1CC1)n1cc(-c2ccnn2C(F)F)cn1. The van der Waals surface area contributed by atoms with Crippen molar-refractivity contribution in [2.75, 3.05) is 0 Å². The van der Waals surface area contributed by atoms with E-state index in [2.05, 4.69) is 25.7 Å². The molecule has 0 unspecified atom stereocenters. The van der Waals surface area contributed by atoms with Gasteiger partial charge in [0.2, 0.25) is 5.69 Å². The Morgan fingerprint density at radius 2 is 1.95 bits per heavy atom. The Morgan fingerprint density at radius 1 is 1.11 bits per heavy atom. The van der Waals surface area contributed by atoms with Crippen molar-refractivity contribution < 1.29 is 17.9 Å². The predicted molar refractivity (Wildman–Crippen MR) is 129 cm³/mol. The number of benzene rings is 1. The summed E-state index contributed by atoms with van der Waals surface area (Å²) in [5.41, 5.74) is 1.71. The number of rotatable bonds is 8. The molecule has 10 nitrogen and oxygen atoms in total. The molecule has 38 heavy (non-hydrogen) atoms. The summed E-state index contributed by atoms with van der Waals surface area (Å²) in [6.45, 7) is -2.80. The number of aromatic nitrogens is 9. The van der Waals surface area contributed by atoms with E-state index in [0.29, 0.717) is 38.7 Å². The maximum atomic E-state index is 15.2. The van der Waals surface area contributed by atoms with Crippen molar-refractivity contribution in [1.82, 2.24) is 39.8 Å². The van der Waals surface area contributed by atoms with Gasteiger partial charge in [0.25, 0.3) is 0 Å². The van der Waals surface area contributed by atoms with Crippen LogP contribution < -0.4 is 4.73 Å². The van der Waals surface area contributed by atoms with Gasteiger partial charge in [0.15, 0.2) is 12.0 Å². The quantitative estimate of drug-likeness (QED) is 0.210. The lowest BCUT2D eigenvalue weighted by molar-refractivity contribution is -0.615. The number of nitrogens with zero attached hydrogens (tertiary/aromatic N) is 9. The second-order valence-electron chi connectivity index (χ2n) is 9.02. The highest BCUT2D eigenvalue weighted by Gasteiger charge is 2.32. The van der Waals surface area contributed by atoms with E-state index in [0.717, 1.165) is 12.8 Å². The van der Waals surface area contributed by atoms with E-state index in [1.54, 1.807) is 29.1 Å². The fraction of sp³-hybridized carbons (Fsp3) is 0.250. The van der Waals surface area contributed by atoms with E-state index >= 15 is 4.39 Å². The molecule has 0 amide bonds. The number of hydrogen-bond donors (Lipinski definition) is 0. The Hall–Kier alpha value is -4.26. The summed E-state index contributed by atoms with van der Waals surface area (Å²) in [6.07, 6.45) is 9.68. The number of alkyl halides is 2. The normalized spacial score (nSPS) is 14.3. The Morgan fingerprint density at radius 3 is 2.66 bits per heavy atom. The fourth-order valence-electron chi connectivity index (χ4n) is 4.55. The highest BCUT2D eigenvalue weighted by molar-refractivity contribution is 6.31. The summed E-state index contributed by atoms with van der Waals surface area (Å²) in [6, 6.07) is 7.21. The van der Waals surface area contributed by atoms with Crippen LogP contribution in [0.25, 0.3) is 28.1 Å². The van der Waals surface area contributed by atoms with Crippen LogP contribution in [0.5, 0.6) is 0 Å². The van der Waals surface area contributed by atoms with Crippen molar-refractivity contribution >= 4 is 11.6 Å². The van der Waals surface area contributed by atoms with E-state index in [-0.39, 0.29) is 21.8 Å². The van der Waals surface area contributed by atoms with Crippen molar-refractivity contribution in [3.63, 3.8) is 0 Å². The molecule has 0 bridgehead atoms. The van der Waals surface area contributed by atoms with Crippen LogP contribution in [0.2, 0.25) is 5.02 Å². The number of halogens is 4. The molecule has 4 heterocycles. The molecule has 4 aromatic heterocycles. The van der Waals surface area contributed by atoms with Gasteiger partial charge in [-0.25, -0.2) is 9.07 Å². The van der Waals surface area contributed by atoms with Crippen LogP contribution in [0, 0.1) is 16.9 Å². The van der Waals surface area contributed by atoms with Gasteiger partial charge in [-0.3, -0.25) is 4.68 Å². The largest absolute Gasteiger partial charge is 0.618 e. The van der Waals surface area contributed by atoms with Gasteiger partial charge in [-0.15, -0.1) is 5.10 Å². The molecule has 0 radical (unpaired) electrons. The first-order valence-corrected chi connectivity index (χ1v) is 12.1. The molecule has 1 aliphatic rings. The number of pyridine rings is 1. The lowest BCUT2D eigenvalue weighted by Crippen LogP contribution is -2.35. The second-order valence-corrected chi connectivity index (χ2v) is 9.43. The molecular weight excluding hydrogens is 523 g/mol. The Balaban J connectivity index is 1.39. The maximum Gasteiger partial charge on any atom is 0.333 e. The zero-order chi connectivity index (χ0) is 26.4. The zero-order valence-electron chi connectivity index (χ0n) is 19.6. The molecule has 6 rings (SSSR count). The number of hydrogen-bond acceptors (Lipinski definition) is 6. The number of tetrazole rings is 1. The van der Waals surface area contributed by atoms with Crippen molar-refractivity contribution in [2.24, 2.45) is 5.92 Å². The molecule has 1 saturated carbocycles. The minimum atomic E-state index is -2.80. The van der Waals surface area contributed by atoms with Gasteiger partial charge in [0.1, 0.15) is 12.4 Å². The van der Waals surface area contributed by atoms with Crippen LogP contribution >= 0.6 is 11.6 Å². The average Bonchev–Trinajstić information content (AvgIpc) is 3.31. The van der Waals surface area contributed by atoms with Gasteiger partial charge in [-0.2, -0.15) is 28.4 Å². The van der Waals surface area contributed by atoms with E-state index in [4.69, 9.17) is 11.6 Å². The standard InChI is InChI=1S/C24H19ClF3N9O/c25-17-4-6-20(35-13-29-32-33-35)22(23(17)26)15-3-5-19(36(38)12-15)21(9-14-1-2-14)34-11-16(10-31-34)18-7-8-30-37(18)24(27)28/h3-8,10-14,21,24H,1-2,9H2/t21-/m1/s1. The Bertz CT molecular complexity index is 1600. The third-order valence-corrected chi connectivity index (χ3v) is 6.86. The summed E-state index contributed by atoms with van der Waals surface area (Å²) in [5.74, 6) is -0.301. The van der Waals surface area contributed by atoms with Crippen LogP contribution in [0.3, 0.4) is 0 Å². The summed E-state index contributed by atoms with van der Waals surface area (Å²) in [5, 5.41) is 32.3. The minimum Gasteiger partial charge on any atom is -0.618 e. The monoisotopic (exact) mass is 541 g/mol. The first-order chi connectivity index (χ1) is 18.4. The molecule has 14 heteroatoms. The molecule has 0 saturated heterocycles. The van der Waals surface area contributed by atoms with E-state index in [9.17, 15) is 14.0 Å². The van der Waals surface area contributed by atoms with Crippen LogP contribution in [-0.2, 0) is 0 Å². The van der Waals surface area contributed by atoms with Crippen LogP contribution in [0.1, 0.15) is 37.5 Å². The van der Waals surface area contributed by atoms with Gasteiger partial charge in [0, 0.05) is 24.0 Å². The molecule has 5 aromatic rings. The van der Waals surface area contributed by atoms with Crippen LogP contribution in [0.15, 0.2) is 61.4 Å². The lowest BCUT2D eigenvalue weighted by Gasteiger charge is -2.18. The van der Waals surface area contributed by atoms with Gasteiger partial charge >= 0.3 is 6.55 Å². The lowest BCUT2D eigenvalue weighted by atomic mass is 10.0. The van der Waals surface area contributed by atoms with Crippen LogP contribution in [-0.4, -0.2) is 39.8 Å². The highest BCUT2D eigenvalue weighted by atomic mass is 35.5. The maximum absolute atomic E-state index is 15.2. The molecule has 1 aromatic carbocycles. The fourth-order valence-corrected chi connectivity index (χ4v) is 4.71. The predicted octanol–water partition coefficient (Wildman–Crippen LogP) is 4.60. The van der Waals surface area contributed by atoms with Crippen molar-refractivity contribution in [2.45, 2.75) is 31.9 Å². The Kier molecular flexibility index (Phi) is 6.06. The molecule has 0 aliphatic heterocycles. The van der Waals surface area contributed by atoms with Crippen molar-refractivity contribution in [1.29, 1.82) is 0 Å². The molecule has 1 atom stereocenters. The summed E-state index contributed by atoms with van der Waals surface area (Å²) in [4.78, 5) is 0. The van der Waals surface area contributed by atoms with Gasteiger partial charge in [-0.1, -0.05) is 24.4 Å². The second kappa shape index (κ2) is 9.56. The molecular formula is C24H19ClF3N9O. The van der Waals surface area contributed by atoms with Crippen molar-refractivity contribution in [3.8, 4) is 28.1 Å². The van der Waals surface area contributed by atoms with Gasteiger partial charge in [0.05, 0.1) is 33.7 Å². The molecule has 0 spiro atoms.